The molecule has 1 aromatic heterocycles. The minimum atomic E-state index is -0.906. The first-order chi connectivity index (χ1) is 5.20. The second-order valence-corrected chi connectivity index (χ2v) is 2.83. The summed E-state index contributed by atoms with van der Waals surface area (Å²) in [5.74, 6) is -0.224. The van der Waals surface area contributed by atoms with Crippen LogP contribution in [0.4, 0.5) is 0 Å². The Bertz CT molecular complexity index is 233. The molecule has 1 N–H and O–H groups in total. The van der Waals surface area contributed by atoms with Crippen molar-refractivity contribution < 1.29 is 9.90 Å². The molecule has 60 valence electrons. The van der Waals surface area contributed by atoms with Crippen molar-refractivity contribution in [3.63, 3.8) is 0 Å². The minimum Gasteiger partial charge on any atom is -0.386 e. The Morgan fingerprint density at radius 1 is 1.91 bits per heavy atom. The highest BCUT2D eigenvalue weighted by Crippen LogP contribution is 2.00. The summed E-state index contributed by atoms with van der Waals surface area (Å²) in [6, 6.07) is 0. The zero-order chi connectivity index (χ0) is 8.27. The van der Waals surface area contributed by atoms with Crippen molar-refractivity contribution in [3.05, 3.63) is 11.1 Å². The number of hydrogen-bond donors (Lipinski definition) is 1. The van der Waals surface area contributed by atoms with Crippen LogP contribution >= 0.6 is 11.5 Å². The number of carbonyl (C=O) groups is 1. The van der Waals surface area contributed by atoms with Crippen LogP contribution in [-0.4, -0.2) is 26.6 Å². The van der Waals surface area contributed by atoms with E-state index in [1.165, 1.54) is 18.5 Å². The fourth-order valence-corrected chi connectivity index (χ4v) is 1.04. The Labute approximate surface area is 68.0 Å². The number of nitrogens with zero attached hydrogens (tertiary/aromatic N) is 2. The molecule has 0 radical (unpaired) electrons. The maximum atomic E-state index is 10.9. The summed E-state index contributed by atoms with van der Waals surface area (Å²) in [5.41, 5.74) is 0.626. The van der Waals surface area contributed by atoms with Gasteiger partial charge in [-0.05, 0) is 18.5 Å². The average molecular weight is 172 g/mol. The highest BCUT2D eigenvalue weighted by molar-refractivity contribution is 7.03. The van der Waals surface area contributed by atoms with Gasteiger partial charge in [-0.1, -0.05) is 4.49 Å². The van der Waals surface area contributed by atoms with Gasteiger partial charge in [0.05, 0.1) is 12.1 Å². The first kappa shape index (κ1) is 8.29. The number of Topliss-reactive ketones (excluding diaryl/α,β-unsaturated/α-hetero) is 1. The van der Waals surface area contributed by atoms with Gasteiger partial charge in [0.1, 0.15) is 6.10 Å². The van der Waals surface area contributed by atoms with Gasteiger partial charge in [0.25, 0.3) is 0 Å². The molecule has 11 heavy (non-hydrogen) atoms. The Balaban J connectivity index is 2.50. The maximum absolute atomic E-state index is 10.9. The van der Waals surface area contributed by atoms with E-state index in [4.69, 9.17) is 5.11 Å². The second kappa shape index (κ2) is 3.54. The standard InChI is InChI=1S/C6H8N2O2S/c1-4(9)6(10)2-5-3-11-8-7-5/h3-4,9H,2H2,1H3. The lowest BCUT2D eigenvalue weighted by molar-refractivity contribution is -0.125. The minimum absolute atomic E-state index is 0.175. The Morgan fingerprint density at radius 2 is 2.64 bits per heavy atom. The Hall–Kier alpha value is -0.810. The van der Waals surface area contributed by atoms with Crippen LogP contribution in [-0.2, 0) is 11.2 Å². The van der Waals surface area contributed by atoms with Crippen molar-refractivity contribution in [1.82, 2.24) is 9.59 Å². The first-order valence-electron chi connectivity index (χ1n) is 3.17. The van der Waals surface area contributed by atoms with Gasteiger partial charge in [0.2, 0.25) is 0 Å². The third-order valence-electron chi connectivity index (χ3n) is 1.23. The largest absolute Gasteiger partial charge is 0.386 e. The number of carbonyl (C=O) groups excluding carboxylic acids is 1. The molecule has 1 rings (SSSR count). The average Bonchev–Trinajstić information content (AvgIpc) is 2.39. The van der Waals surface area contributed by atoms with Crippen molar-refractivity contribution in [2.75, 3.05) is 0 Å². The number of aliphatic hydroxyl groups is 1. The van der Waals surface area contributed by atoms with Crippen molar-refractivity contribution in [1.29, 1.82) is 0 Å². The van der Waals surface area contributed by atoms with Crippen LogP contribution in [0.5, 0.6) is 0 Å². The summed E-state index contributed by atoms with van der Waals surface area (Å²) in [6.45, 7) is 1.45. The molecule has 0 spiro atoms. The molecule has 0 aliphatic heterocycles. The van der Waals surface area contributed by atoms with E-state index in [2.05, 4.69) is 9.59 Å². The summed E-state index contributed by atoms with van der Waals surface area (Å²) in [7, 11) is 0. The summed E-state index contributed by atoms with van der Waals surface area (Å²) in [4.78, 5) is 10.9. The molecule has 4 nitrogen and oxygen atoms in total. The van der Waals surface area contributed by atoms with E-state index < -0.39 is 6.10 Å². The summed E-state index contributed by atoms with van der Waals surface area (Å²) in [5, 5.41) is 14.2. The fraction of sp³-hybridized carbons (Fsp3) is 0.500. The lowest BCUT2D eigenvalue weighted by Crippen LogP contribution is -2.18. The molecule has 0 saturated carbocycles. The van der Waals surface area contributed by atoms with Crippen molar-refractivity contribution in [3.8, 4) is 0 Å². The lowest BCUT2D eigenvalue weighted by atomic mass is 10.2. The predicted octanol–water partition coefficient (Wildman–Crippen LogP) is 0.0305. The molecule has 1 aromatic rings. The van der Waals surface area contributed by atoms with Crippen LogP contribution in [0.15, 0.2) is 5.38 Å². The van der Waals surface area contributed by atoms with Crippen molar-refractivity contribution >= 4 is 17.3 Å². The molecule has 0 aromatic carbocycles. The van der Waals surface area contributed by atoms with Gasteiger partial charge >= 0.3 is 0 Å². The molecule has 1 atom stereocenters. The van der Waals surface area contributed by atoms with Crippen LogP contribution in [0.1, 0.15) is 12.6 Å². The molecule has 0 amide bonds. The first-order valence-corrected chi connectivity index (χ1v) is 4.00. The monoisotopic (exact) mass is 172 g/mol. The van der Waals surface area contributed by atoms with Crippen molar-refractivity contribution in [2.24, 2.45) is 0 Å². The van der Waals surface area contributed by atoms with Gasteiger partial charge in [-0.15, -0.1) is 5.10 Å². The molecule has 1 unspecified atom stereocenters. The van der Waals surface area contributed by atoms with Gasteiger partial charge in [-0.2, -0.15) is 0 Å². The fourth-order valence-electron chi connectivity index (χ4n) is 0.587. The molecule has 0 aliphatic carbocycles. The SMILES string of the molecule is CC(O)C(=O)Cc1csnn1. The smallest absolute Gasteiger partial charge is 0.167 e. The van der Waals surface area contributed by atoms with E-state index in [-0.39, 0.29) is 12.2 Å². The van der Waals surface area contributed by atoms with Crippen LogP contribution in [0.2, 0.25) is 0 Å². The quantitative estimate of drug-likeness (QED) is 0.698. The topological polar surface area (TPSA) is 63.1 Å². The Kier molecular flexibility index (Phi) is 2.67. The molecular formula is C6H8N2O2S. The molecule has 0 fully saturated rings. The Morgan fingerprint density at radius 3 is 3.09 bits per heavy atom. The normalized spacial score (nSPS) is 12.9. The zero-order valence-electron chi connectivity index (χ0n) is 6.02. The number of hydrogen-bond acceptors (Lipinski definition) is 5. The second-order valence-electron chi connectivity index (χ2n) is 2.22. The number of rotatable bonds is 3. The number of aliphatic hydroxyl groups excluding tert-OH is 1. The van der Waals surface area contributed by atoms with Crippen LogP contribution < -0.4 is 0 Å². The van der Waals surface area contributed by atoms with E-state index in [0.717, 1.165) is 0 Å². The van der Waals surface area contributed by atoms with Gasteiger partial charge < -0.3 is 5.11 Å². The molecule has 0 bridgehead atoms. The third-order valence-corrected chi connectivity index (χ3v) is 1.78. The predicted molar refractivity (Wildman–Crippen MR) is 40.3 cm³/mol. The van der Waals surface area contributed by atoms with Gasteiger partial charge in [-0.25, -0.2) is 0 Å². The van der Waals surface area contributed by atoms with Crippen LogP contribution in [0, 0.1) is 0 Å². The van der Waals surface area contributed by atoms with Crippen LogP contribution in [0.3, 0.4) is 0 Å². The molecule has 1 heterocycles. The third kappa shape index (κ3) is 2.36. The summed E-state index contributed by atoms with van der Waals surface area (Å²) in [6.07, 6.45) is -0.731. The molecule has 0 saturated heterocycles. The van der Waals surface area contributed by atoms with E-state index in [1.807, 2.05) is 0 Å². The van der Waals surface area contributed by atoms with Gasteiger partial charge in [-0.3, -0.25) is 4.79 Å². The zero-order valence-corrected chi connectivity index (χ0v) is 6.84. The molecule has 0 aliphatic rings. The molecular weight excluding hydrogens is 164 g/mol. The van der Waals surface area contributed by atoms with E-state index in [0.29, 0.717) is 5.69 Å². The van der Waals surface area contributed by atoms with E-state index >= 15 is 0 Å². The molecule has 5 heteroatoms. The lowest BCUT2D eigenvalue weighted by Gasteiger charge is -1.98. The van der Waals surface area contributed by atoms with Gasteiger partial charge in [0, 0.05) is 5.38 Å². The van der Waals surface area contributed by atoms with E-state index in [9.17, 15) is 4.79 Å². The highest BCUT2D eigenvalue weighted by Gasteiger charge is 2.10. The number of aromatic nitrogens is 2. The van der Waals surface area contributed by atoms with Gasteiger partial charge in [0.15, 0.2) is 5.78 Å². The number of ketones is 1. The van der Waals surface area contributed by atoms with Crippen molar-refractivity contribution in [2.45, 2.75) is 19.4 Å². The maximum Gasteiger partial charge on any atom is 0.167 e. The summed E-state index contributed by atoms with van der Waals surface area (Å²) >= 11 is 1.20. The van der Waals surface area contributed by atoms with Crippen LogP contribution in [0.25, 0.3) is 0 Å². The highest BCUT2D eigenvalue weighted by atomic mass is 32.1. The summed E-state index contributed by atoms with van der Waals surface area (Å²) < 4.78 is 3.59. The van der Waals surface area contributed by atoms with E-state index in [1.54, 1.807) is 5.38 Å².